The van der Waals surface area contributed by atoms with Crippen molar-refractivity contribution in [2.45, 2.75) is 26.0 Å². The van der Waals surface area contributed by atoms with E-state index in [2.05, 4.69) is 0 Å². The third kappa shape index (κ3) is 2.58. The predicted molar refractivity (Wildman–Crippen MR) is 66.3 cm³/mol. The zero-order chi connectivity index (χ0) is 12.4. The van der Waals surface area contributed by atoms with Crippen LogP contribution >= 0.6 is 0 Å². The SMILES string of the molecule is CC(O)C1CCN(c2ccc(CN)cc2F)C1. The predicted octanol–water partition coefficient (Wildman–Crippen LogP) is 1.49. The van der Waals surface area contributed by atoms with Gasteiger partial charge in [0.1, 0.15) is 5.82 Å². The molecule has 4 heteroatoms. The summed E-state index contributed by atoms with van der Waals surface area (Å²) in [5.41, 5.74) is 6.89. The molecule has 2 unspecified atom stereocenters. The van der Waals surface area contributed by atoms with Crippen molar-refractivity contribution in [3.8, 4) is 0 Å². The molecule has 1 aliphatic rings. The van der Waals surface area contributed by atoms with Gasteiger partial charge in [-0.25, -0.2) is 4.39 Å². The van der Waals surface area contributed by atoms with Gasteiger partial charge in [0.15, 0.2) is 0 Å². The molecule has 1 aromatic rings. The number of benzene rings is 1. The fraction of sp³-hybridized carbons (Fsp3) is 0.538. The molecule has 0 spiro atoms. The molecule has 0 aromatic heterocycles. The third-order valence-corrected chi connectivity index (χ3v) is 3.50. The van der Waals surface area contributed by atoms with Crippen LogP contribution in [0.3, 0.4) is 0 Å². The van der Waals surface area contributed by atoms with Gasteiger partial charge < -0.3 is 15.7 Å². The lowest BCUT2D eigenvalue weighted by Crippen LogP contribution is -2.24. The highest BCUT2D eigenvalue weighted by molar-refractivity contribution is 5.50. The summed E-state index contributed by atoms with van der Waals surface area (Å²) in [7, 11) is 0. The van der Waals surface area contributed by atoms with E-state index in [0.717, 1.165) is 25.1 Å². The van der Waals surface area contributed by atoms with Crippen molar-refractivity contribution in [3.05, 3.63) is 29.6 Å². The minimum absolute atomic E-state index is 0.223. The third-order valence-electron chi connectivity index (χ3n) is 3.50. The van der Waals surface area contributed by atoms with E-state index in [1.807, 2.05) is 11.0 Å². The Morgan fingerprint density at radius 1 is 1.59 bits per heavy atom. The fourth-order valence-electron chi connectivity index (χ4n) is 2.33. The molecule has 0 aliphatic carbocycles. The maximum Gasteiger partial charge on any atom is 0.146 e. The van der Waals surface area contributed by atoms with E-state index in [1.165, 1.54) is 6.07 Å². The summed E-state index contributed by atoms with van der Waals surface area (Å²) in [4.78, 5) is 1.99. The Balaban J connectivity index is 2.13. The summed E-state index contributed by atoms with van der Waals surface area (Å²) in [5.74, 6) is 0.0165. The molecule has 0 bridgehead atoms. The number of hydrogen-bond acceptors (Lipinski definition) is 3. The Labute approximate surface area is 101 Å². The number of nitrogens with zero attached hydrogens (tertiary/aromatic N) is 1. The van der Waals surface area contributed by atoms with Crippen molar-refractivity contribution >= 4 is 5.69 Å². The standard InChI is InChI=1S/C13H19FN2O/c1-9(17)11-4-5-16(8-11)13-3-2-10(7-15)6-12(13)14/h2-3,6,9,11,17H,4-5,7-8,15H2,1H3. The van der Waals surface area contributed by atoms with Crippen LogP contribution in [-0.4, -0.2) is 24.3 Å². The van der Waals surface area contributed by atoms with Gasteiger partial charge in [-0.1, -0.05) is 6.07 Å². The zero-order valence-corrected chi connectivity index (χ0v) is 10.1. The number of halogens is 1. The van der Waals surface area contributed by atoms with E-state index >= 15 is 0 Å². The van der Waals surface area contributed by atoms with Crippen LogP contribution in [0.2, 0.25) is 0 Å². The highest BCUT2D eigenvalue weighted by Gasteiger charge is 2.27. The van der Waals surface area contributed by atoms with Crippen LogP contribution in [0.15, 0.2) is 18.2 Å². The number of rotatable bonds is 3. The van der Waals surface area contributed by atoms with Crippen LogP contribution in [0.5, 0.6) is 0 Å². The van der Waals surface area contributed by atoms with Crippen LogP contribution in [0, 0.1) is 11.7 Å². The molecule has 1 fully saturated rings. The van der Waals surface area contributed by atoms with Gasteiger partial charge in [-0.2, -0.15) is 0 Å². The Hall–Kier alpha value is -1.13. The van der Waals surface area contributed by atoms with Crippen molar-refractivity contribution in [1.82, 2.24) is 0 Å². The van der Waals surface area contributed by atoms with Crippen LogP contribution in [0.4, 0.5) is 10.1 Å². The molecule has 0 radical (unpaired) electrons. The molecule has 0 saturated carbocycles. The van der Waals surface area contributed by atoms with Gasteiger partial charge in [-0.15, -0.1) is 0 Å². The van der Waals surface area contributed by atoms with Gasteiger partial charge in [0.2, 0.25) is 0 Å². The monoisotopic (exact) mass is 238 g/mol. The lowest BCUT2D eigenvalue weighted by atomic mass is 10.0. The summed E-state index contributed by atoms with van der Waals surface area (Å²) < 4.78 is 13.9. The van der Waals surface area contributed by atoms with Crippen molar-refractivity contribution in [3.63, 3.8) is 0 Å². The minimum atomic E-state index is -0.327. The van der Waals surface area contributed by atoms with Gasteiger partial charge in [0.25, 0.3) is 0 Å². The van der Waals surface area contributed by atoms with Crippen molar-refractivity contribution in [1.29, 1.82) is 0 Å². The van der Waals surface area contributed by atoms with Crippen molar-refractivity contribution in [2.75, 3.05) is 18.0 Å². The molecule has 2 atom stereocenters. The molecule has 3 nitrogen and oxygen atoms in total. The maximum absolute atomic E-state index is 13.9. The Morgan fingerprint density at radius 2 is 2.35 bits per heavy atom. The number of aliphatic hydroxyl groups is 1. The fourth-order valence-corrected chi connectivity index (χ4v) is 2.33. The molecule has 17 heavy (non-hydrogen) atoms. The van der Waals surface area contributed by atoms with E-state index < -0.39 is 0 Å². The summed E-state index contributed by atoms with van der Waals surface area (Å²) >= 11 is 0. The second kappa shape index (κ2) is 5.02. The molecule has 3 N–H and O–H groups in total. The highest BCUT2D eigenvalue weighted by Crippen LogP contribution is 2.28. The molecule has 1 heterocycles. The lowest BCUT2D eigenvalue weighted by molar-refractivity contribution is 0.136. The van der Waals surface area contributed by atoms with E-state index in [9.17, 15) is 9.50 Å². The van der Waals surface area contributed by atoms with Crippen LogP contribution in [-0.2, 0) is 6.54 Å². The zero-order valence-electron chi connectivity index (χ0n) is 10.1. The van der Waals surface area contributed by atoms with E-state index in [1.54, 1.807) is 13.0 Å². The van der Waals surface area contributed by atoms with Crippen LogP contribution in [0.1, 0.15) is 18.9 Å². The first-order valence-corrected chi connectivity index (χ1v) is 6.03. The summed E-state index contributed by atoms with van der Waals surface area (Å²) in [6, 6.07) is 5.13. The van der Waals surface area contributed by atoms with Crippen molar-refractivity contribution in [2.24, 2.45) is 11.7 Å². The smallest absolute Gasteiger partial charge is 0.146 e. The van der Waals surface area contributed by atoms with Crippen LogP contribution in [0.25, 0.3) is 0 Å². The number of aliphatic hydroxyl groups excluding tert-OH is 1. The van der Waals surface area contributed by atoms with Gasteiger partial charge in [-0.05, 0) is 31.0 Å². The normalized spacial score (nSPS) is 21.9. The molecule has 1 aliphatic heterocycles. The van der Waals surface area contributed by atoms with E-state index in [4.69, 9.17) is 5.73 Å². The van der Waals surface area contributed by atoms with Crippen molar-refractivity contribution < 1.29 is 9.50 Å². The Kier molecular flexibility index (Phi) is 3.64. The van der Waals surface area contributed by atoms with Gasteiger partial charge >= 0.3 is 0 Å². The average molecular weight is 238 g/mol. The quantitative estimate of drug-likeness (QED) is 0.839. The largest absolute Gasteiger partial charge is 0.393 e. The van der Waals surface area contributed by atoms with Crippen LogP contribution < -0.4 is 10.6 Å². The molecule has 1 saturated heterocycles. The molecule has 2 rings (SSSR count). The molecular formula is C13H19FN2O. The summed E-state index contributed by atoms with van der Waals surface area (Å²) in [6.45, 7) is 3.67. The molecule has 94 valence electrons. The Morgan fingerprint density at radius 3 is 2.88 bits per heavy atom. The number of nitrogens with two attached hydrogens (primary N) is 1. The minimum Gasteiger partial charge on any atom is -0.393 e. The molecule has 1 aromatic carbocycles. The lowest BCUT2D eigenvalue weighted by Gasteiger charge is -2.20. The summed E-state index contributed by atoms with van der Waals surface area (Å²) in [5, 5.41) is 9.53. The topological polar surface area (TPSA) is 49.5 Å². The molecule has 0 amide bonds. The first-order chi connectivity index (χ1) is 8.11. The highest BCUT2D eigenvalue weighted by atomic mass is 19.1. The number of hydrogen-bond donors (Lipinski definition) is 2. The first kappa shape index (κ1) is 12.3. The average Bonchev–Trinajstić information content (AvgIpc) is 2.78. The molecular weight excluding hydrogens is 219 g/mol. The van der Waals surface area contributed by atoms with Gasteiger partial charge in [-0.3, -0.25) is 0 Å². The number of anilines is 1. The van der Waals surface area contributed by atoms with E-state index in [-0.39, 0.29) is 17.8 Å². The van der Waals surface area contributed by atoms with E-state index in [0.29, 0.717) is 12.2 Å². The summed E-state index contributed by atoms with van der Waals surface area (Å²) in [6.07, 6.45) is 0.585. The van der Waals surface area contributed by atoms with Gasteiger partial charge in [0, 0.05) is 25.6 Å². The first-order valence-electron chi connectivity index (χ1n) is 6.03. The second-order valence-corrected chi connectivity index (χ2v) is 4.73. The van der Waals surface area contributed by atoms with Gasteiger partial charge in [0.05, 0.1) is 11.8 Å². The second-order valence-electron chi connectivity index (χ2n) is 4.73. The Bertz CT molecular complexity index is 395. The maximum atomic E-state index is 13.9.